The molecule has 94 valence electrons. The van der Waals surface area contributed by atoms with E-state index in [0.717, 1.165) is 18.1 Å². The third-order valence-corrected chi connectivity index (χ3v) is 3.00. The van der Waals surface area contributed by atoms with Crippen LogP contribution in [-0.4, -0.2) is 17.0 Å². The van der Waals surface area contributed by atoms with Gasteiger partial charge in [0.25, 0.3) is 0 Å². The van der Waals surface area contributed by atoms with Crippen LogP contribution in [0, 0.1) is 0 Å². The number of nitrogens with zero attached hydrogens (tertiary/aromatic N) is 3. The molecule has 0 aliphatic heterocycles. The summed E-state index contributed by atoms with van der Waals surface area (Å²) < 4.78 is 0. The largest absolute Gasteiger partial charge is 0.355 e. The summed E-state index contributed by atoms with van der Waals surface area (Å²) >= 11 is 5.99. The van der Waals surface area contributed by atoms with Gasteiger partial charge in [-0.05, 0) is 29.8 Å². The van der Waals surface area contributed by atoms with Crippen LogP contribution in [0.3, 0.4) is 0 Å². The van der Waals surface area contributed by atoms with Gasteiger partial charge in [0.15, 0.2) is 0 Å². The number of pyridine rings is 2. The van der Waals surface area contributed by atoms with Gasteiger partial charge < -0.3 is 10.6 Å². The van der Waals surface area contributed by atoms with E-state index in [1.807, 2.05) is 36.2 Å². The normalized spacial score (nSPS) is 10.4. The van der Waals surface area contributed by atoms with Gasteiger partial charge in [-0.1, -0.05) is 11.6 Å². The molecule has 0 atom stereocenters. The van der Waals surface area contributed by atoms with Crippen molar-refractivity contribution >= 4 is 17.4 Å². The van der Waals surface area contributed by atoms with Crippen LogP contribution in [0.5, 0.6) is 0 Å². The smallest absolute Gasteiger partial charge is 0.129 e. The van der Waals surface area contributed by atoms with E-state index in [1.165, 1.54) is 5.56 Å². The van der Waals surface area contributed by atoms with Crippen molar-refractivity contribution < 1.29 is 0 Å². The molecule has 0 saturated carbocycles. The van der Waals surface area contributed by atoms with Crippen molar-refractivity contribution in [3.63, 3.8) is 0 Å². The standard InChI is InChI=1S/C13H15ClN4/c1-18(9-10-4-6-16-7-5-10)13-3-2-11(14)12(8-15)17-13/h2-7H,8-9,15H2,1H3. The number of anilines is 1. The Morgan fingerprint density at radius 1 is 1.22 bits per heavy atom. The zero-order chi connectivity index (χ0) is 13.0. The Balaban J connectivity index is 2.16. The number of rotatable bonds is 4. The number of hydrogen-bond donors (Lipinski definition) is 1. The summed E-state index contributed by atoms with van der Waals surface area (Å²) in [4.78, 5) is 10.5. The summed E-state index contributed by atoms with van der Waals surface area (Å²) in [6.45, 7) is 1.11. The molecule has 2 aromatic heterocycles. The van der Waals surface area contributed by atoms with Crippen LogP contribution in [0.1, 0.15) is 11.3 Å². The second kappa shape index (κ2) is 5.80. The molecular formula is C13H15ClN4. The molecule has 2 aromatic rings. The van der Waals surface area contributed by atoms with E-state index in [2.05, 4.69) is 9.97 Å². The molecule has 2 rings (SSSR count). The highest BCUT2D eigenvalue weighted by atomic mass is 35.5. The molecule has 0 aliphatic carbocycles. The minimum Gasteiger partial charge on any atom is -0.355 e. The van der Waals surface area contributed by atoms with Crippen LogP contribution >= 0.6 is 11.6 Å². The summed E-state index contributed by atoms with van der Waals surface area (Å²) in [5.74, 6) is 0.858. The van der Waals surface area contributed by atoms with Crippen LogP contribution in [0.15, 0.2) is 36.7 Å². The predicted molar refractivity (Wildman–Crippen MR) is 73.5 cm³/mol. The van der Waals surface area contributed by atoms with E-state index >= 15 is 0 Å². The molecule has 0 spiro atoms. The van der Waals surface area contributed by atoms with E-state index in [-0.39, 0.29) is 0 Å². The predicted octanol–water partition coefficient (Wildman–Crippen LogP) is 2.23. The highest BCUT2D eigenvalue weighted by Gasteiger charge is 2.07. The van der Waals surface area contributed by atoms with Crippen molar-refractivity contribution in [3.8, 4) is 0 Å². The topological polar surface area (TPSA) is 55.0 Å². The minimum atomic E-state index is 0.343. The Kier molecular flexibility index (Phi) is 4.12. The molecule has 18 heavy (non-hydrogen) atoms. The van der Waals surface area contributed by atoms with Gasteiger partial charge in [-0.2, -0.15) is 0 Å². The molecule has 5 heteroatoms. The van der Waals surface area contributed by atoms with Gasteiger partial charge in [0, 0.05) is 32.5 Å². The Bertz CT molecular complexity index is 516. The number of halogens is 1. The Hall–Kier alpha value is -1.65. The Labute approximate surface area is 111 Å². The van der Waals surface area contributed by atoms with Gasteiger partial charge >= 0.3 is 0 Å². The third-order valence-electron chi connectivity index (χ3n) is 2.66. The van der Waals surface area contributed by atoms with E-state index in [1.54, 1.807) is 12.4 Å². The molecule has 0 bridgehead atoms. The third kappa shape index (κ3) is 2.97. The summed E-state index contributed by atoms with van der Waals surface area (Å²) in [5, 5.41) is 0.610. The highest BCUT2D eigenvalue weighted by Crippen LogP contribution is 2.19. The molecule has 0 aliphatic rings. The van der Waals surface area contributed by atoms with Gasteiger partial charge in [0.05, 0.1) is 10.7 Å². The average molecular weight is 263 g/mol. The highest BCUT2D eigenvalue weighted by molar-refractivity contribution is 6.31. The first-order valence-electron chi connectivity index (χ1n) is 5.66. The lowest BCUT2D eigenvalue weighted by Crippen LogP contribution is -2.18. The van der Waals surface area contributed by atoms with Gasteiger partial charge in [0.1, 0.15) is 5.82 Å². The van der Waals surface area contributed by atoms with Crippen LogP contribution in [0.4, 0.5) is 5.82 Å². The summed E-state index contributed by atoms with van der Waals surface area (Å²) in [5.41, 5.74) is 7.50. The number of hydrogen-bond acceptors (Lipinski definition) is 4. The maximum absolute atomic E-state index is 5.99. The second-order valence-electron chi connectivity index (χ2n) is 4.01. The van der Waals surface area contributed by atoms with Crippen molar-refractivity contribution in [2.75, 3.05) is 11.9 Å². The summed E-state index contributed by atoms with van der Waals surface area (Å²) in [7, 11) is 1.98. The van der Waals surface area contributed by atoms with E-state index < -0.39 is 0 Å². The van der Waals surface area contributed by atoms with Crippen LogP contribution in [0.25, 0.3) is 0 Å². The lowest BCUT2D eigenvalue weighted by molar-refractivity contribution is 0.876. The van der Waals surface area contributed by atoms with E-state index in [0.29, 0.717) is 11.6 Å². The van der Waals surface area contributed by atoms with Gasteiger partial charge in [-0.25, -0.2) is 4.98 Å². The number of nitrogens with two attached hydrogens (primary N) is 1. The molecule has 0 saturated heterocycles. The molecule has 0 radical (unpaired) electrons. The first-order valence-corrected chi connectivity index (χ1v) is 6.04. The fourth-order valence-corrected chi connectivity index (χ4v) is 1.85. The summed E-state index contributed by atoms with van der Waals surface area (Å²) in [6, 6.07) is 7.68. The lowest BCUT2D eigenvalue weighted by atomic mass is 10.2. The number of aromatic nitrogens is 2. The average Bonchev–Trinajstić information content (AvgIpc) is 2.40. The molecule has 0 aromatic carbocycles. The first kappa shape index (κ1) is 12.8. The van der Waals surface area contributed by atoms with Crippen molar-refractivity contribution in [1.29, 1.82) is 0 Å². The SMILES string of the molecule is CN(Cc1ccncc1)c1ccc(Cl)c(CN)n1. The van der Waals surface area contributed by atoms with Crippen molar-refractivity contribution in [3.05, 3.63) is 52.9 Å². The maximum Gasteiger partial charge on any atom is 0.129 e. The molecule has 0 amide bonds. The Morgan fingerprint density at radius 2 is 1.94 bits per heavy atom. The van der Waals surface area contributed by atoms with Crippen LogP contribution < -0.4 is 10.6 Å². The fourth-order valence-electron chi connectivity index (χ4n) is 1.67. The Morgan fingerprint density at radius 3 is 2.61 bits per heavy atom. The molecular weight excluding hydrogens is 248 g/mol. The van der Waals surface area contributed by atoms with Gasteiger partial charge in [0.2, 0.25) is 0 Å². The first-order chi connectivity index (χ1) is 8.70. The van der Waals surface area contributed by atoms with Crippen LogP contribution in [-0.2, 0) is 13.1 Å². The molecule has 2 heterocycles. The van der Waals surface area contributed by atoms with Gasteiger partial charge in [-0.15, -0.1) is 0 Å². The van der Waals surface area contributed by atoms with Crippen molar-refractivity contribution in [2.24, 2.45) is 5.73 Å². The molecule has 2 N–H and O–H groups in total. The van der Waals surface area contributed by atoms with Crippen LogP contribution in [0.2, 0.25) is 5.02 Å². The van der Waals surface area contributed by atoms with Crippen molar-refractivity contribution in [2.45, 2.75) is 13.1 Å². The second-order valence-corrected chi connectivity index (χ2v) is 4.42. The monoisotopic (exact) mass is 262 g/mol. The minimum absolute atomic E-state index is 0.343. The summed E-state index contributed by atoms with van der Waals surface area (Å²) in [6.07, 6.45) is 3.56. The fraction of sp³-hybridized carbons (Fsp3) is 0.231. The lowest BCUT2D eigenvalue weighted by Gasteiger charge is -2.19. The van der Waals surface area contributed by atoms with E-state index in [9.17, 15) is 0 Å². The molecule has 0 unspecified atom stereocenters. The van der Waals surface area contributed by atoms with Crippen molar-refractivity contribution in [1.82, 2.24) is 9.97 Å². The maximum atomic E-state index is 5.99. The zero-order valence-corrected chi connectivity index (χ0v) is 10.9. The van der Waals surface area contributed by atoms with Gasteiger partial charge in [-0.3, -0.25) is 4.98 Å². The quantitative estimate of drug-likeness (QED) is 0.918. The van der Waals surface area contributed by atoms with E-state index in [4.69, 9.17) is 17.3 Å². The molecule has 0 fully saturated rings. The zero-order valence-electron chi connectivity index (χ0n) is 10.2. The molecule has 4 nitrogen and oxygen atoms in total.